The molecule has 0 saturated heterocycles. The zero-order valence-electron chi connectivity index (χ0n) is 17.8. The molecule has 10 nitrogen and oxygen atoms in total. The van der Waals surface area contributed by atoms with Crippen LogP contribution in [0.1, 0.15) is 42.6 Å². The molecule has 0 bridgehead atoms. The molecule has 1 fully saturated rings. The number of carbonyl (C=O) groups excluding carboxylic acids is 2. The minimum Gasteiger partial charge on any atom is -0.497 e. The van der Waals surface area contributed by atoms with Crippen molar-refractivity contribution in [3.05, 3.63) is 35.5 Å². The van der Waals surface area contributed by atoms with Gasteiger partial charge >= 0.3 is 6.03 Å². The van der Waals surface area contributed by atoms with Crippen molar-refractivity contribution < 1.29 is 19.2 Å². The van der Waals surface area contributed by atoms with Crippen LogP contribution in [0, 0.1) is 0 Å². The van der Waals surface area contributed by atoms with Gasteiger partial charge in [0, 0.05) is 36.0 Å². The predicted octanol–water partition coefficient (Wildman–Crippen LogP) is 2.71. The number of fused-ring (bicyclic) bond motifs is 1. The number of hydrogen-bond donors (Lipinski definition) is 2. The first-order chi connectivity index (χ1) is 15.0. The maximum atomic E-state index is 13.3. The Morgan fingerprint density at radius 1 is 1.26 bits per heavy atom. The Hall–Kier alpha value is -3.40. The van der Waals surface area contributed by atoms with Crippen LogP contribution in [0.5, 0.6) is 5.75 Å². The van der Waals surface area contributed by atoms with Gasteiger partial charge in [-0.2, -0.15) is 4.98 Å². The molecule has 0 radical (unpaired) electrons. The summed E-state index contributed by atoms with van der Waals surface area (Å²) in [6.07, 6.45) is 3.97. The Bertz CT molecular complexity index is 994. The van der Waals surface area contributed by atoms with E-state index in [9.17, 15) is 9.59 Å². The molecule has 164 valence electrons. The molecule has 0 atom stereocenters. The Morgan fingerprint density at radius 3 is 2.74 bits per heavy atom. The van der Waals surface area contributed by atoms with Gasteiger partial charge in [-0.05, 0) is 38.8 Å². The number of nitrogens with one attached hydrogen (secondary N) is 2. The highest BCUT2D eigenvalue weighted by Gasteiger charge is 2.33. The number of urea groups is 1. The lowest BCUT2D eigenvalue weighted by Gasteiger charge is -2.35. The van der Waals surface area contributed by atoms with E-state index in [2.05, 4.69) is 20.8 Å². The molecule has 1 aromatic carbocycles. The van der Waals surface area contributed by atoms with E-state index in [4.69, 9.17) is 9.57 Å². The van der Waals surface area contributed by atoms with Crippen molar-refractivity contribution in [3.63, 3.8) is 0 Å². The minimum atomic E-state index is -0.418. The Balaban J connectivity index is 1.66. The predicted molar refractivity (Wildman–Crippen MR) is 115 cm³/mol. The number of aromatic nitrogens is 2. The normalized spacial score (nSPS) is 15.5. The molecule has 2 N–H and O–H groups in total. The highest BCUT2D eigenvalue weighted by Crippen LogP contribution is 2.33. The van der Waals surface area contributed by atoms with E-state index in [0.29, 0.717) is 48.0 Å². The molecule has 2 heterocycles. The van der Waals surface area contributed by atoms with Crippen molar-refractivity contribution in [1.82, 2.24) is 15.4 Å². The molecule has 1 aliphatic carbocycles. The number of methoxy groups -OCH3 is 1. The van der Waals surface area contributed by atoms with Gasteiger partial charge in [-0.15, -0.1) is 0 Å². The molecular formula is C21H26N6O4. The van der Waals surface area contributed by atoms with E-state index in [-0.39, 0.29) is 12.6 Å². The summed E-state index contributed by atoms with van der Waals surface area (Å²) in [4.78, 5) is 42.9. The Morgan fingerprint density at radius 2 is 2.06 bits per heavy atom. The largest absolute Gasteiger partial charge is 0.497 e. The number of hydrogen-bond acceptors (Lipinski definition) is 7. The van der Waals surface area contributed by atoms with Gasteiger partial charge in [0.05, 0.1) is 25.9 Å². The average molecular weight is 426 g/mol. The molecule has 1 saturated carbocycles. The summed E-state index contributed by atoms with van der Waals surface area (Å²) in [5, 5.41) is 3.27. The van der Waals surface area contributed by atoms with Gasteiger partial charge in [0.15, 0.2) is 0 Å². The second kappa shape index (κ2) is 8.76. The smallest absolute Gasteiger partial charge is 0.330 e. The SMILES string of the molecule is CCONC(=O)c1cc(OC)cc(N2Cc3cnc(NC4CC4)nc3N(CC)C2=O)c1. The van der Waals surface area contributed by atoms with Gasteiger partial charge in [-0.3, -0.25) is 19.4 Å². The van der Waals surface area contributed by atoms with Gasteiger partial charge in [0.25, 0.3) is 5.91 Å². The summed E-state index contributed by atoms with van der Waals surface area (Å²) < 4.78 is 5.35. The van der Waals surface area contributed by atoms with Crippen LogP contribution in [-0.2, 0) is 11.4 Å². The Kier molecular flexibility index (Phi) is 5.90. The summed E-state index contributed by atoms with van der Waals surface area (Å²) in [6.45, 7) is 4.74. The van der Waals surface area contributed by atoms with E-state index >= 15 is 0 Å². The zero-order chi connectivity index (χ0) is 22.0. The van der Waals surface area contributed by atoms with Crippen molar-refractivity contribution in [2.45, 2.75) is 39.3 Å². The van der Waals surface area contributed by atoms with Gasteiger partial charge < -0.3 is 10.1 Å². The summed E-state index contributed by atoms with van der Waals surface area (Å²) >= 11 is 0. The van der Waals surface area contributed by atoms with Crippen molar-refractivity contribution in [3.8, 4) is 5.75 Å². The summed E-state index contributed by atoms with van der Waals surface area (Å²) in [6, 6.07) is 5.14. The van der Waals surface area contributed by atoms with Gasteiger partial charge in [-0.1, -0.05) is 0 Å². The number of rotatable bonds is 8. The molecule has 0 spiro atoms. The van der Waals surface area contributed by atoms with Gasteiger partial charge in [0.1, 0.15) is 11.6 Å². The summed E-state index contributed by atoms with van der Waals surface area (Å²) in [5.41, 5.74) is 4.05. The van der Waals surface area contributed by atoms with E-state index in [0.717, 1.165) is 18.4 Å². The standard InChI is InChI=1S/C21H26N6O4/c1-4-26-18-14(11-22-20(24-18)23-15-6-7-15)12-27(21(26)29)16-8-13(9-17(10-16)30-3)19(28)25-31-5-2/h8-11,15H,4-7,12H2,1-3H3,(H,25,28)(H,22,23,24). The lowest BCUT2D eigenvalue weighted by Crippen LogP contribution is -2.48. The van der Waals surface area contributed by atoms with Gasteiger partial charge in [0.2, 0.25) is 5.95 Å². The molecule has 4 rings (SSSR count). The lowest BCUT2D eigenvalue weighted by molar-refractivity contribution is 0.0364. The fraction of sp³-hybridized carbons (Fsp3) is 0.429. The molecule has 1 aliphatic heterocycles. The number of nitrogens with zero attached hydrogens (tertiary/aromatic N) is 4. The van der Waals surface area contributed by atoms with Crippen molar-refractivity contribution in [1.29, 1.82) is 0 Å². The van der Waals surface area contributed by atoms with E-state index in [1.54, 1.807) is 41.1 Å². The third kappa shape index (κ3) is 4.38. The van der Waals surface area contributed by atoms with Crippen molar-refractivity contribution in [2.24, 2.45) is 0 Å². The third-order valence-electron chi connectivity index (χ3n) is 5.12. The van der Waals surface area contributed by atoms with Crippen LogP contribution in [0.3, 0.4) is 0 Å². The number of anilines is 3. The van der Waals surface area contributed by atoms with Crippen LogP contribution in [0.4, 0.5) is 22.2 Å². The molecule has 3 amide bonds. The maximum absolute atomic E-state index is 13.3. The van der Waals surface area contributed by atoms with E-state index in [1.807, 2.05) is 6.92 Å². The molecular weight excluding hydrogens is 400 g/mol. The monoisotopic (exact) mass is 426 g/mol. The highest BCUT2D eigenvalue weighted by molar-refractivity contribution is 6.06. The second-order valence-electron chi connectivity index (χ2n) is 7.36. The quantitative estimate of drug-likeness (QED) is 0.625. The third-order valence-corrected chi connectivity index (χ3v) is 5.12. The molecule has 2 aliphatic rings. The molecule has 31 heavy (non-hydrogen) atoms. The lowest BCUT2D eigenvalue weighted by atomic mass is 10.1. The molecule has 10 heteroatoms. The first-order valence-corrected chi connectivity index (χ1v) is 10.4. The zero-order valence-corrected chi connectivity index (χ0v) is 17.8. The van der Waals surface area contributed by atoms with Crippen molar-refractivity contribution >= 4 is 29.4 Å². The number of ether oxygens (including phenoxy) is 1. The van der Waals surface area contributed by atoms with Gasteiger partial charge in [-0.25, -0.2) is 15.3 Å². The molecule has 2 aromatic rings. The number of benzene rings is 1. The highest BCUT2D eigenvalue weighted by atomic mass is 16.6. The van der Waals surface area contributed by atoms with E-state index < -0.39 is 5.91 Å². The van der Waals surface area contributed by atoms with Crippen LogP contribution in [0.25, 0.3) is 0 Å². The van der Waals surface area contributed by atoms with Crippen LogP contribution in [-0.4, -0.2) is 48.2 Å². The number of hydroxylamine groups is 1. The first kappa shape index (κ1) is 20.9. The number of amides is 3. The van der Waals surface area contributed by atoms with E-state index in [1.165, 1.54) is 7.11 Å². The Labute approximate surface area is 180 Å². The number of carbonyl (C=O) groups is 2. The minimum absolute atomic E-state index is 0.226. The molecule has 0 unspecified atom stereocenters. The van der Waals surface area contributed by atoms with Crippen LogP contribution in [0.2, 0.25) is 0 Å². The van der Waals surface area contributed by atoms with Crippen LogP contribution < -0.4 is 25.3 Å². The fourth-order valence-electron chi connectivity index (χ4n) is 3.37. The fourth-order valence-corrected chi connectivity index (χ4v) is 3.37. The summed E-state index contributed by atoms with van der Waals surface area (Å²) in [7, 11) is 1.51. The first-order valence-electron chi connectivity index (χ1n) is 10.4. The second-order valence-corrected chi connectivity index (χ2v) is 7.36. The summed E-state index contributed by atoms with van der Waals surface area (Å²) in [5.74, 6) is 1.19. The topological polar surface area (TPSA) is 109 Å². The van der Waals surface area contributed by atoms with Crippen molar-refractivity contribution in [2.75, 3.05) is 35.4 Å². The maximum Gasteiger partial charge on any atom is 0.330 e. The molecule has 1 aromatic heterocycles. The average Bonchev–Trinajstić information content (AvgIpc) is 3.60. The van der Waals surface area contributed by atoms with Crippen LogP contribution in [0.15, 0.2) is 24.4 Å². The van der Waals surface area contributed by atoms with Crippen LogP contribution >= 0.6 is 0 Å².